The van der Waals surface area contributed by atoms with Crippen LogP contribution in [0.3, 0.4) is 0 Å². The molecule has 1 aromatic heterocycles. The quantitative estimate of drug-likeness (QED) is 0.881. The van der Waals surface area contributed by atoms with Crippen molar-refractivity contribution < 1.29 is 14.3 Å². The van der Waals surface area contributed by atoms with Crippen molar-refractivity contribution in [2.45, 2.75) is 19.3 Å². The summed E-state index contributed by atoms with van der Waals surface area (Å²) in [5, 5.41) is 9.05. The average molecular weight is 247 g/mol. The molecule has 1 N–H and O–H groups in total. The third-order valence-corrected chi connectivity index (χ3v) is 2.82. The maximum atomic E-state index is 9.05. The lowest BCUT2D eigenvalue weighted by atomic mass is 10.1. The van der Waals surface area contributed by atoms with E-state index in [2.05, 4.69) is 4.98 Å². The third kappa shape index (κ3) is 2.90. The van der Waals surface area contributed by atoms with Crippen LogP contribution in [0.15, 0.2) is 34.9 Å². The summed E-state index contributed by atoms with van der Waals surface area (Å²) in [5.74, 6) is 2.17. The standard InChI is InChI=1S/C14H17NO3/c1-10(9-16)13-8-15-14(18-13)7-11-4-3-5-12(6-11)17-2/h3-6,8,10,16H,7,9H2,1-2H3. The van der Waals surface area contributed by atoms with E-state index in [1.165, 1.54) is 0 Å². The molecule has 1 heterocycles. The molecule has 2 aromatic rings. The fourth-order valence-electron chi connectivity index (χ4n) is 1.68. The van der Waals surface area contributed by atoms with Crippen LogP contribution in [0.2, 0.25) is 0 Å². The highest BCUT2D eigenvalue weighted by Crippen LogP contribution is 2.19. The molecule has 0 saturated heterocycles. The monoisotopic (exact) mass is 247 g/mol. The first-order valence-corrected chi connectivity index (χ1v) is 5.91. The van der Waals surface area contributed by atoms with Crippen LogP contribution in [0, 0.1) is 0 Å². The molecule has 4 nitrogen and oxygen atoms in total. The lowest BCUT2D eigenvalue weighted by Crippen LogP contribution is -1.96. The van der Waals surface area contributed by atoms with E-state index in [-0.39, 0.29) is 12.5 Å². The van der Waals surface area contributed by atoms with Gasteiger partial charge < -0.3 is 14.3 Å². The van der Waals surface area contributed by atoms with Crippen molar-refractivity contribution in [2.75, 3.05) is 13.7 Å². The molecular formula is C14H17NO3. The van der Waals surface area contributed by atoms with Gasteiger partial charge in [0, 0.05) is 12.3 Å². The molecule has 1 atom stereocenters. The van der Waals surface area contributed by atoms with E-state index in [1.54, 1.807) is 13.3 Å². The Hall–Kier alpha value is -1.81. The third-order valence-electron chi connectivity index (χ3n) is 2.82. The summed E-state index contributed by atoms with van der Waals surface area (Å²) in [4.78, 5) is 4.22. The summed E-state index contributed by atoms with van der Waals surface area (Å²) >= 11 is 0. The molecule has 0 aliphatic heterocycles. The normalized spacial score (nSPS) is 12.4. The number of aliphatic hydroxyl groups excluding tert-OH is 1. The van der Waals surface area contributed by atoms with Gasteiger partial charge in [0.15, 0.2) is 5.89 Å². The maximum Gasteiger partial charge on any atom is 0.198 e. The Bertz CT molecular complexity index is 507. The highest BCUT2D eigenvalue weighted by atomic mass is 16.5. The topological polar surface area (TPSA) is 55.5 Å². The summed E-state index contributed by atoms with van der Waals surface area (Å²) in [7, 11) is 1.64. The van der Waals surface area contributed by atoms with Gasteiger partial charge in [-0.05, 0) is 17.7 Å². The summed E-state index contributed by atoms with van der Waals surface area (Å²) in [5.41, 5.74) is 1.08. The average Bonchev–Trinajstić information content (AvgIpc) is 2.86. The Balaban J connectivity index is 2.11. The number of methoxy groups -OCH3 is 1. The van der Waals surface area contributed by atoms with Crippen LogP contribution in [0.25, 0.3) is 0 Å². The summed E-state index contributed by atoms with van der Waals surface area (Å²) in [6.45, 7) is 1.96. The fraction of sp³-hybridized carbons (Fsp3) is 0.357. The maximum absolute atomic E-state index is 9.05. The first-order valence-electron chi connectivity index (χ1n) is 5.91. The number of rotatable bonds is 5. The second kappa shape index (κ2) is 5.69. The lowest BCUT2D eigenvalue weighted by Gasteiger charge is -2.03. The molecular weight excluding hydrogens is 230 g/mol. The van der Waals surface area contributed by atoms with Gasteiger partial charge in [0.2, 0.25) is 0 Å². The van der Waals surface area contributed by atoms with Gasteiger partial charge in [0.1, 0.15) is 11.5 Å². The van der Waals surface area contributed by atoms with Gasteiger partial charge in [-0.25, -0.2) is 4.98 Å². The largest absolute Gasteiger partial charge is 0.497 e. The van der Waals surface area contributed by atoms with Gasteiger partial charge in [-0.2, -0.15) is 0 Å². The van der Waals surface area contributed by atoms with E-state index in [9.17, 15) is 0 Å². The Kier molecular flexibility index (Phi) is 3.99. The SMILES string of the molecule is COc1cccc(Cc2ncc(C(C)CO)o2)c1. The molecule has 0 bridgehead atoms. The second-order valence-electron chi connectivity index (χ2n) is 4.27. The number of oxazole rings is 1. The van der Waals surface area contributed by atoms with Crippen molar-refractivity contribution in [3.63, 3.8) is 0 Å². The van der Waals surface area contributed by atoms with E-state index in [1.807, 2.05) is 31.2 Å². The van der Waals surface area contributed by atoms with Crippen LogP contribution >= 0.6 is 0 Å². The van der Waals surface area contributed by atoms with Crippen LogP contribution in [0.4, 0.5) is 0 Å². The Morgan fingerprint density at radius 1 is 1.44 bits per heavy atom. The van der Waals surface area contributed by atoms with E-state index in [4.69, 9.17) is 14.3 Å². The van der Waals surface area contributed by atoms with E-state index in [0.717, 1.165) is 17.1 Å². The molecule has 1 unspecified atom stereocenters. The Labute approximate surface area is 106 Å². The molecule has 0 amide bonds. The zero-order valence-electron chi connectivity index (χ0n) is 10.6. The first-order chi connectivity index (χ1) is 8.72. The molecule has 18 heavy (non-hydrogen) atoms. The molecule has 0 spiro atoms. The summed E-state index contributed by atoms with van der Waals surface area (Å²) in [6.07, 6.45) is 2.30. The van der Waals surface area contributed by atoms with E-state index in [0.29, 0.717) is 12.3 Å². The van der Waals surface area contributed by atoms with Gasteiger partial charge in [-0.15, -0.1) is 0 Å². The van der Waals surface area contributed by atoms with Crippen molar-refractivity contribution in [3.05, 3.63) is 47.7 Å². The van der Waals surface area contributed by atoms with Gasteiger partial charge in [-0.1, -0.05) is 19.1 Å². The zero-order chi connectivity index (χ0) is 13.0. The van der Waals surface area contributed by atoms with E-state index < -0.39 is 0 Å². The number of nitrogens with zero attached hydrogens (tertiary/aromatic N) is 1. The fourth-order valence-corrected chi connectivity index (χ4v) is 1.68. The van der Waals surface area contributed by atoms with Gasteiger partial charge in [-0.3, -0.25) is 0 Å². The van der Waals surface area contributed by atoms with Gasteiger partial charge >= 0.3 is 0 Å². The number of aromatic nitrogens is 1. The molecule has 4 heteroatoms. The van der Waals surface area contributed by atoms with Crippen molar-refractivity contribution >= 4 is 0 Å². The highest BCUT2D eigenvalue weighted by Gasteiger charge is 2.11. The lowest BCUT2D eigenvalue weighted by molar-refractivity contribution is 0.255. The van der Waals surface area contributed by atoms with Gasteiger partial charge in [0.05, 0.1) is 19.9 Å². The predicted octanol–water partition coefficient (Wildman–Crippen LogP) is 2.37. The molecule has 0 aliphatic rings. The minimum atomic E-state index is -0.0171. The number of hydrogen-bond donors (Lipinski definition) is 1. The van der Waals surface area contributed by atoms with Crippen LogP contribution in [0.5, 0.6) is 5.75 Å². The zero-order valence-corrected chi connectivity index (χ0v) is 10.6. The second-order valence-corrected chi connectivity index (χ2v) is 4.27. The molecule has 1 aromatic carbocycles. The first kappa shape index (κ1) is 12.6. The molecule has 0 aliphatic carbocycles. The number of ether oxygens (including phenoxy) is 1. The van der Waals surface area contributed by atoms with E-state index >= 15 is 0 Å². The molecule has 2 rings (SSSR count). The Morgan fingerprint density at radius 3 is 3.00 bits per heavy atom. The molecule has 0 fully saturated rings. The highest BCUT2D eigenvalue weighted by molar-refractivity contribution is 5.29. The summed E-state index contributed by atoms with van der Waals surface area (Å²) < 4.78 is 10.8. The molecule has 96 valence electrons. The van der Waals surface area contributed by atoms with Crippen LogP contribution < -0.4 is 4.74 Å². The summed E-state index contributed by atoms with van der Waals surface area (Å²) in [6, 6.07) is 7.80. The van der Waals surface area contributed by atoms with Gasteiger partial charge in [0.25, 0.3) is 0 Å². The van der Waals surface area contributed by atoms with Crippen molar-refractivity contribution in [2.24, 2.45) is 0 Å². The Morgan fingerprint density at radius 2 is 2.28 bits per heavy atom. The number of aliphatic hydroxyl groups is 1. The number of benzene rings is 1. The smallest absolute Gasteiger partial charge is 0.198 e. The number of hydrogen-bond acceptors (Lipinski definition) is 4. The molecule has 0 radical (unpaired) electrons. The van der Waals surface area contributed by atoms with Crippen LogP contribution in [0.1, 0.15) is 30.1 Å². The van der Waals surface area contributed by atoms with Crippen molar-refractivity contribution in [1.29, 1.82) is 0 Å². The molecule has 0 saturated carbocycles. The van der Waals surface area contributed by atoms with Crippen LogP contribution in [-0.2, 0) is 6.42 Å². The van der Waals surface area contributed by atoms with Crippen LogP contribution in [-0.4, -0.2) is 23.8 Å². The van der Waals surface area contributed by atoms with Crippen molar-refractivity contribution in [3.8, 4) is 5.75 Å². The minimum Gasteiger partial charge on any atom is -0.497 e. The minimum absolute atomic E-state index is 0.0171. The predicted molar refractivity (Wildman–Crippen MR) is 67.8 cm³/mol. The van der Waals surface area contributed by atoms with Crippen molar-refractivity contribution in [1.82, 2.24) is 4.98 Å².